The molecule has 0 saturated heterocycles. The molecular weight excluding hydrogens is 198 g/mol. The predicted octanol–water partition coefficient (Wildman–Crippen LogP) is 3.38. The lowest BCUT2D eigenvalue weighted by atomic mass is 10.2. The molecule has 0 aliphatic rings. The monoisotopic (exact) mass is 210 g/mol. The van der Waals surface area contributed by atoms with Crippen molar-refractivity contribution >= 4 is 17.8 Å². The molecule has 1 aromatic rings. The van der Waals surface area contributed by atoms with Crippen LogP contribution in [0.2, 0.25) is 5.02 Å². The van der Waals surface area contributed by atoms with Gasteiger partial charge in [-0.15, -0.1) is 0 Å². The molecule has 0 atom stereocenters. The quantitative estimate of drug-likeness (QED) is 0.552. The maximum atomic E-state index is 5.81. The first-order valence-electron chi connectivity index (χ1n) is 4.50. The molecule has 0 unspecified atom stereocenters. The van der Waals surface area contributed by atoms with Gasteiger partial charge < -0.3 is 4.84 Å². The number of nitrogens with zero attached hydrogens (tertiary/aromatic N) is 1. The Morgan fingerprint density at radius 2 is 2.29 bits per heavy atom. The molecule has 0 fully saturated rings. The van der Waals surface area contributed by atoms with Crippen LogP contribution in [0.1, 0.15) is 19.4 Å². The highest BCUT2D eigenvalue weighted by Crippen LogP contribution is 2.11. The Balaban J connectivity index is 2.38. The minimum atomic E-state index is 0.286. The summed E-state index contributed by atoms with van der Waals surface area (Å²) in [6.45, 7) is 4.42. The van der Waals surface area contributed by atoms with Gasteiger partial charge in [0, 0.05) is 10.9 Å². The number of halogens is 1. The fourth-order valence-electron chi connectivity index (χ4n) is 0.876. The van der Waals surface area contributed by atoms with E-state index in [9.17, 15) is 0 Å². The lowest BCUT2D eigenvalue weighted by molar-refractivity contribution is 0.131. The smallest absolute Gasteiger partial charge is 0.142 e. The zero-order valence-electron chi connectivity index (χ0n) is 8.33. The summed E-state index contributed by atoms with van der Waals surface area (Å²) < 4.78 is 0. The molecule has 0 aliphatic carbocycles. The average molecular weight is 211 g/mol. The fraction of sp³-hybridized carbons (Fsp3) is 0.364. The van der Waals surface area contributed by atoms with Gasteiger partial charge in [0.15, 0.2) is 0 Å². The largest absolute Gasteiger partial charge is 0.391 e. The van der Waals surface area contributed by atoms with Crippen LogP contribution in [0, 0.1) is 5.92 Å². The van der Waals surface area contributed by atoms with Crippen LogP contribution in [0.15, 0.2) is 29.4 Å². The zero-order valence-corrected chi connectivity index (χ0v) is 9.08. The van der Waals surface area contributed by atoms with E-state index in [1.165, 1.54) is 0 Å². The molecule has 0 spiro atoms. The van der Waals surface area contributed by atoms with E-state index < -0.39 is 0 Å². The van der Waals surface area contributed by atoms with Gasteiger partial charge >= 0.3 is 0 Å². The average Bonchev–Trinajstić information content (AvgIpc) is 2.12. The Kier molecular flexibility index (Phi) is 4.47. The van der Waals surface area contributed by atoms with Crippen molar-refractivity contribution in [2.24, 2.45) is 11.1 Å². The van der Waals surface area contributed by atoms with E-state index in [0.717, 1.165) is 5.56 Å². The molecule has 2 nitrogen and oxygen atoms in total. The van der Waals surface area contributed by atoms with E-state index in [1.807, 2.05) is 38.1 Å². The normalized spacial score (nSPS) is 11.1. The van der Waals surface area contributed by atoms with Gasteiger partial charge in [-0.3, -0.25) is 0 Å². The second-order valence-electron chi connectivity index (χ2n) is 3.28. The van der Waals surface area contributed by atoms with E-state index in [0.29, 0.717) is 11.6 Å². The number of benzene rings is 1. The van der Waals surface area contributed by atoms with Crippen molar-refractivity contribution in [3.8, 4) is 0 Å². The summed E-state index contributed by atoms with van der Waals surface area (Å²) in [7, 11) is 0. The lowest BCUT2D eigenvalue weighted by Gasteiger charge is -2.00. The van der Waals surface area contributed by atoms with Gasteiger partial charge in [0.25, 0.3) is 0 Å². The number of hydrogen-bond acceptors (Lipinski definition) is 2. The van der Waals surface area contributed by atoms with Gasteiger partial charge in [-0.25, -0.2) is 0 Å². The van der Waals surface area contributed by atoms with Gasteiger partial charge in [0.2, 0.25) is 0 Å². The minimum Gasteiger partial charge on any atom is -0.391 e. The second-order valence-corrected chi connectivity index (χ2v) is 3.71. The van der Waals surface area contributed by atoms with E-state index in [1.54, 1.807) is 0 Å². The van der Waals surface area contributed by atoms with Crippen molar-refractivity contribution in [2.75, 3.05) is 0 Å². The second kappa shape index (κ2) is 5.66. The van der Waals surface area contributed by atoms with Crippen molar-refractivity contribution in [1.82, 2.24) is 0 Å². The van der Waals surface area contributed by atoms with Crippen LogP contribution in [-0.2, 0) is 11.4 Å². The van der Waals surface area contributed by atoms with E-state index in [2.05, 4.69) is 11.4 Å². The third-order valence-corrected chi connectivity index (χ3v) is 1.73. The zero-order chi connectivity index (χ0) is 10.4. The van der Waals surface area contributed by atoms with E-state index in [-0.39, 0.29) is 5.92 Å². The summed E-state index contributed by atoms with van der Waals surface area (Å²) in [6, 6.07) is 7.51. The highest BCUT2D eigenvalue weighted by atomic mass is 35.5. The standard InChI is InChI=1S/C11H13ClNO/c1-9(2)7-13-14-8-10-4-3-5-11(12)6-10/h3-6,9H,8H2,1-2H3. The maximum Gasteiger partial charge on any atom is 0.142 e. The van der Waals surface area contributed by atoms with Crippen molar-refractivity contribution in [1.29, 1.82) is 0 Å². The molecule has 0 heterocycles. The molecule has 0 aromatic heterocycles. The van der Waals surface area contributed by atoms with Gasteiger partial charge in [-0.05, 0) is 17.7 Å². The van der Waals surface area contributed by atoms with Crippen LogP contribution in [-0.4, -0.2) is 6.21 Å². The van der Waals surface area contributed by atoms with Crippen LogP contribution >= 0.6 is 11.6 Å². The molecule has 0 N–H and O–H groups in total. The van der Waals surface area contributed by atoms with Crippen molar-refractivity contribution in [3.05, 3.63) is 34.9 Å². The summed E-state index contributed by atoms with van der Waals surface area (Å²) in [5, 5.41) is 4.41. The molecule has 0 amide bonds. The van der Waals surface area contributed by atoms with Crippen LogP contribution in [0.25, 0.3) is 0 Å². The summed E-state index contributed by atoms with van der Waals surface area (Å²) in [5.41, 5.74) is 1.01. The minimum absolute atomic E-state index is 0.286. The Morgan fingerprint density at radius 3 is 2.93 bits per heavy atom. The molecule has 14 heavy (non-hydrogen) atoms. The molecule has 0 bridgehead atoms. The SMILES string of the molecule is CC(C)/[C]=N\OCc1cccc(Cl)c1. The van der Waals surface area contributed by atoms with E-state index in [4.69, 9.17) is 16.4 Å². The molecule has 1 aromatic carbocycles. The Labute approximate surface area is 89.5 Å². The van der Waals surface area contributed by atoms with Gasteiger partial charge in [0.1, 0.15) is 12.8 Å². The number of hydrogen-bond donors (Lipinski definition) is 0. The van der Waals surface area contributed by atoms with Crippen molar-refractivity contribution < 1.29 is 4.84 Å². The maximum absolute atomic E-state index is 5.81. The molecule has 75 valence electrons. The molecule has 3 heteroatoms. The first-order valence-corrected chi connectivity index (χ1v) is 4.88. The fourth-order valence-corrected chi connectivity index (χ4v) is 1.09. The molecule has 0 saturated carbocycles. The molecule has 1 rings (SSSR count). The van der Waals surface area contributed by atoms with Crippen LogP contribution in [0.5, 0.6) is 0 Å². The summed E-state index contributed by atoms with van der Waals surface area (Å²) in [6.07, 6.45) is 2.80. The summed E-state index contributed by atoms with van der Waals surface area (Å²) in [4.78, 5) is 5.04. The number of rotatable bonds is 4. The van der Waals surface area contributed by atoms with Crippen molar-refractivity contribution in [2.45, 2.75) is 20.5 Å². The lowest BCUT2D eigenvalue weighted by Crippen LogP contribution is -1.91. The Morgan fingerprint density at radius 1 is 1.50 bits per heavy atom. The third kappa shape index (κ3) is 4.28. The van der Waals surface area contributed by atoms with Crippen LogP contribution in [0.3, 0.4) is 0 Å². The Hall–Kier alpha value is -1.02. The topological polar surface area (TPSA) is 21.6 Å². The van der Waals surface area contributed by atoms with Crippen molar-refractivity contribution in [3.63, 3.8) is 0 Å². The summed E-state index contributed by atoms with van der Waals surface area (Å²) in [5.74, 6) is 0.286. The van der Waals surface area contributed by atoms with Gasteiger partial charge in [0.05, 0.1) is 0 Å². The highest BCUT2D eigenvalue weighted by Gasteiger charge is 1.93. The molecule has 1 radical (unpaired) electrons. The Bertz CT molecular complexity index is 310. The molecule has 0 aliphatic heterocycles. The third-order valence-electron chi connectivity index (χ3n) is 1.50. The molecular formula is C11H13ClNO. The van der Waals surface area contributed by atoms with Crippen LogP contribution < -0.4 is 0 Å². The summed E-state index contributed by atoms with van der Waals surface area (Å²) >= 11 is 5.81. The first-order chi connectivity index (χ1) is 6.68. The highest BCUT2D eigenvalue weighted by molar-refractivity contribution is 6.30. The van der Waals surface area contributed by atoms with Crippen LogP contribution in [0.4, 0.5) is 0 Å². The van der Waals surface area contributed by atoms with Gasteiger partial charge in [-0.2, -0.15) is 0 Å². The first kappa shape index (κ1) is 11.1. The van der Waals surface area contributed by atoms with E-state index >= 15 is 0 Å². The van der Waals surface area contributed by atoms with Gasteiger partial charge in [-0.1, -0.05) is 42.7 Å². The predicted molar refractivity (Wildman–Crippen MR) is 58.5 cm³/mol.